The monoisotopic (exact) mass is 287 g/mol. The van der Waals surface area contributed by atoms with Crippen molar-refractivity contribution in [1.29, 1.82) is 5.26 Å². The maximum absolute atomic E-state index is 12.0. The van der Waals surface area contributed by atoms with E-state index in [1.807, 2.05) is 13.0 Å². The molecular formula is C15H17N3O3. The van der Waals surface area contributed by atoms with Crippen molar-refractivity contribution in [3.63, 3.8) is 0 Å². The SMILES string of the molecule is CCC1C(=O)NC(=O)CN1c1cc(C#N)ccc1C(C)O. The predicted octanol–water partition coefficient (Wildman–Crippen LogP) is 0.853. The van der Waals surface area contributed by atoms with E-state index in [9.17, 15) is 14.7 Å². The smallest absolute Gasteiger partial charge is 0.249 e. The molecule has 6 nitrogen and oxygen atoms in total. The minimum Gasteiger partial charge on any atom is -0.389 e. The number of hydrogen-bond donors (Lipinski definition) is 2. The highest BCUT2D eigenvalue weighted by molar-refractivity contribution is 6.04. The molecular weight excluding hydrogens is 270 g/mol. The summed E-state index contributed by atoms with van der Waals surface area (Å²) in [6.45, 7) is 3.49. The van der Waals surface area contributed by atoms with Crippen LogP contribution >= 0.6 is 0 Å². The van der Waals surface area contributed by atoms with Gasteiger partial charge in [-0.15, -0.1) is 0 Å². The Bertz CT molecular complexity index is 619. The molecule has 1 aliphatic rings. The number of aliphatic hydroxyl groups is 1. The normalized spacial score (nSPS) is 19.9. The molecule has 110 valence electrons. The summed E-state index contributed by atoms with van der Waals surface area (Å²) in [5.41, 5.74) is 1.57. The summed E-state index contributed by atoms with van der Waals surface area (Å²) in [6.07, 6.45) is -0.236. The summed E-state index contributed by atoms with van der Waals surface area (Å²) in [6, 6.07) is 6.41. The number of benzene rings is 1. The van der Waals surface area contributed by atoms with Crippen LogP contribution in [0, 0.1) is 11.3 Å². The number of rotatable bonds is 3. The van der Waals surface area contributed by atoms with Crippen LogP contribution in [0.3, 0.4) is 0 Å². The lowest BCUT2D eigenvalue weighted by Crippen LogP contribution is -2.58. The predicted molar refractivity (Wildman–Crippen MR) is 76.4 cm³/mol. The van der Waals surface area contributed by atoms with Crippen LogP contribution in [0.25, 0.3) is 0 Å². The summed E-state index contributed by atoms with van der Waals surface area (Å²) < 4.78 is 0. The highest BCUT2D eigenvalue weighted by Crippen LogP contribution is 2.30. The van der Waals surface area contributed by atoms with Crippen molar-refractivity contribution in [3.8, 4) is 6.07 Å². The average molecular weight is 287 g/mol. The Hall–Kier alpha value is -2.39. The second-order valence-corrected chi connectivity index (χ2v) is 5.03. The van der Waals surface area contributed by atoms with Gasteiger partial charge < -0.3 is 10.0 Å². The minimum atomic E-state index is -0.759. The highest BCUT2D eigenvalue weighted by Gasteiger charge is 2.34. The lowest BCUT2D eigenvalue weighted by atomic mass is 10.0. The van der Waals surface area contributed by atoms with E-state index in [-0.39, 0.29) is 18.4 Å². The molecule has 2 unspecified atom stereocenters. The van der Waals surface area contributed by atoms with Crippen molar-refractivity contribution in [1.82, 2.24) is 5.32 Å². The van der Waals surface area contributed by atoms with E-state index >= 15 is 0 Å². The molecule has 0 radical (unpaired) electrons. The van der Waals surface area contributed by atoms with E-state index in [1.54, 1.807) is 30.0 Å². The number of carbonyl (C=O) groups is 2. The largest absolute Gasteiger partial charge is 0.389 e. The van der Waals surface area contributed by atoms with Crippen molar-refractivity contribution >= 4 is 17.5 Å². The molecule has 1 fully saturated rings. The van der Waals surface area contributed by atoms with Gasteiger partial charge >= 0.3 is 0 Å². The Balaban J connectivity index is 2.54. The van der Waals surface area contributed by atoms with Gasteiger partial charge in [0.25, 0.3) is 0 Å². The fraction of sp³-hybridized carbons (Fsp3) is 0.400. The second-order valence-electron chi connectivity index (χ2n) is 5.03. The number of anilines is 1. The quantitative estimate of drug-likeness (QED) is 0.804. The van der Waals surface area contributed by atoms with E-state index in [0.29, 0.717) is 23.2 Å². The molecule has 0 aromatic heterocycles. The average Bonchev–Trinajstić information content (AvgIpc) is 2.45. The molecule has 0 spiro atoms. The van der Waals surface area contributed by atoms with E-state index in [2.05, 4.69) is 5.32 Å². The zero-order chi connectivity index (χ0) is 15.6. The Labute approximate surface area is 123 Å². The number of nitriles is 1. The number of hydrogen-bond acceptors (Lipinski definition) is 5. The Kier molecular flexibility index (Phi) is 4.24. The van der Waals surface area contributed by atoms with Crippen LogP contribution in [0.4, 0.5) is 5.69 Å². The fourth-order valence-corrected chi connectivity index (χ4v) is 2.54. The lowest BCUT2D eigenvalue weighted by Gasteiger charge is -2.36. The fourth-order valence-electron chi connectivity index (χ4n) is 2.54. The van der Waals surface area contributed by atoms with Gasteiger partial charge in [0.05, 0.1) is 24.3 Å². The maximum atomic E-state index is 12.0. The first-order chi connectivity index (χ1) is 9.97. The first kappa shape index (κ1) is 15.0. The van der Waals surface area contributed by atoms with Crippen LogP contribution in [0.1, 0.15) is 37.5 Å². The number of piperazine rings is 1. The topological polar surface area (TPSA) is 93.4 Å². The molecule has 6 heteroatoms. The van der Waals surface area contributed by atoms with E-state index in [4.69, 9.17) is 5.26 Å². The van der Waals surface area contributed by atoms with Crippen LogP contribution < -0.4 is 10.2 Å². The molecule has 1 saturated heterocycles. The number of amides is 2. The van der Waals surface area contributed by atoms with Crippen molar-refractivity contribution in [2.24, 2.45) is 0 Å². The first-order valence-corrected chi connectivity index (χ1v) is 6.80. The van der Waals surface area contributed by atoms with E-state index in [0.717, 1.165) is 0 Å². The van der Waals surface area contributed by atoms with Gasteiger partial charge in [-0.2, -0.15) is 5.26 Å². The van der Waals surface area contributed by atoms with Crippen LogP contribution in [0.2, 0.25) is 0 Å². The van der Waals surface area contributed by atoms with Crippen LogP contribution in [0.15, 0.2) is 18.2 Å². The molecule has 21 heavy (non-hydrogen) atoms. The summed E-state index contributed by atoms with van der Waals surface area (Å²) in [4.78, 5) is 25.3. The highest BCUT2D eigenvalue weighted by atomic mass is 16.3. The first-order valence-electron chi connectivity index (χ1n) is 6.80. The molecule has 0 saturated carbocycles. The Morgan fingerprint density at radius 2 is 2.24 bits per heavy atom. The Morgan fingerprint density at radius 1 is 1.52 bits per heavy atom. The third-order valence-electron chi connectivity index (χ3n) is 3.56. The van der Waals surface area contributed by atoms with Crippen LogP contribution in [-0.2, 0) is 9.59 Å². The van der Waals surface area contributed by atoms with Crippen molar-refractivity contribution in [2.45, 2.75) is 32.4 Å². The molecule has 2 N–H and O–H groups in total. The van der Waals surface area contributed by atoms with Gasteiger partial charge in [0, 0.05) is 11.3 Å². The Morgan fingerprint density at radius 3 is 2.81 bits per heavy atom. The van der Waals surface area contributed by atoms with E-state index < -0.39 is 12.1 Å². The van der Waals surface area contributed by atoms with Gasteiger partial charge in [-0.1, -0.05) is 13.0 Å². The maximum Gasteiger partial charge on any atom is 0.249 e. The van der Waals surface area contributed by atoms with Gasteiger partial charge in [0.15, 0.2) is 0 Å². The molecule has 2 rings (SSSR count). The van der Waals surface area contributed by atoms with Gasteiger partial charge in [-0.3, -0.25) is 14.9 Å². The van der Waals surface area contributed by atoms with Crippen LogP contribution in [0.5, 0.6) is 0 Å². The van der Waals surface area contributed by atoms with Gasteiger partial charge in [0.1, 0.15) is 6.04 Å². The summed E-state index contributed by atoms with van der Waals surface area (Å²) in [5, 5.41) is 21.2. The number of imide groups is 1. The molecule has 1 heterocycles. The molecule has 0 aliphatic carbocycles. The van der Waals surface area contributed by atoms with Crippen molar-refractivity contribution in [2.75, 3.05) is 11.4 Å². The number of carbonyl (C=O) groups excluding carboxylic acids is 2. The summed E-state index contributed by atoms with van der Waals surface area (Å²) >= 11 is 0. The van der Waals surface area contributed by atoms with Gasteiger partial charge in [0.2, 0.25) is 11.8 Å². The number of nitrogens with zero attached hydrogens (tertiary/aromatic N) is 2. The molecule has 1 aromatic rings. The third kappa shape index (κ3) is 2.88. The second kappa shape index (κ2) is 5.94. The molecule has 1 aliphatic heterocycles. The minimum absolute atomic E-state index is 0.0266. The lowest BCUT2D eigenvalue weighted by molar-refractivity contribution is -0.132. The van der Waals surface area contributed by atoms with Gasteiger partial charge in [-0.05, 0) is 25.5 Å². The number of aliphatic hydroxyl groups excluding tert-OH is 1. The van der Waals surface area contributed by atoms with Gasteiger partial charge in [-0.25, -0.2) is 0 Å². The van der Waals surface area contributed by atoms with Crippen LogP contribution in [-0.4, -0.2) is 29.5 Å². The van der Waals surface area contributed by atoms with E-state index in [1.165, 1.54) is 0 Å². The van der Waals surface area contributed by atoms with Crippen molar-refractivity contribution < 1.29 is 14.7 Å². The standard InChI is InChI=1S/C15H17N3O3/c1-3-12-15(21)17-14(20)8-18(12)13-6-10(7-16)4-5-11(13)9(2)19/h4-6,9,12,19H,3,8H2,1-2H3,(H,17,20,21). The molecule has 0 bridgehead atoms. The number of nitrogens with one attached hydrogen (secondary N) is 1. The zero-order valence-corrected chi connectivity index (χ0v) is 12.0. The zero-order valence-electron chi connectivity index (χ0n) is 12.0. The molecule has 2 atom stereocenters. The summed E-state index contributed by atoms with van der Waals surface area (Å²) in [5.74, 6) is -0.740. The third-order valence-corrected chi connectivity index (χ3v) is 3.56. The molecule has 2 amide bonds. The molecule has 1 aromatic carbocycles. The van der Waals surface area contributed by atoms with Crippen molar-refractivity contribution in [3.05, 3.63) is 29.3 Å². The summed E-state index contributed by atoms with van der Waals surface area (Å²) in [7, 11) is 0.